The molecular weight excluding hydrogens is 729 g/mol. The minimum Gasteiger partial charge on any atom is -0.456 e. The van der Waals surface area contributed by atoms with Crippen molar-refractivity contribution in [3.63, 3.8) is 0 Å². The zero-order valence-corrected chi connectivity index (χ0v) is 33.3. The Morgan fingerprint density at radius 2 is 0.967 bits per heavy atom. The Morgan fingerprint density at radius 1 is 0.383 bits per heavy atom. The van der Waals surface area contributed by atoms with Gasteiger partial charge in [0.2, 0.25) is 0 Å². The third-order valence-corrected chi connectivity index (χ3v) is 12.7. The molecule has 3 nitrogen and oxygen atoms in total. The van der Waals surface area contributed by atoms with Gasteiger partial charge in [0, 0.05) is 32.9 Å². The number of hydrogen-bond acceptors (Lipinski definition) is 3. The maximum Gasteiger partial charge on any atom is 0.160 e. The Balaban J connectivity index is 1.03. The van der Waals surface area contributed by atoms with Crippen molar-refractivity contribution < 1.29 is 4.42 Å². The molecule has 0 N–H and O–H groups in total. The zero-order valence-electron chi connectivity index (χ0n) is 33.3. The molecule has 0 fully saturated rings. The summed E-state index contributed by atoms with van der Waals surface area (Å²) in [6.45, 7) is 4.73. The highest BCUT2D eigenvalue weighted by Gasteiger charge is 2.37. The highest BCUT2D eigenvalue weighted by Crippen LogP contribution is 2.54. The molecule has 282 valence electrons. The van der Waals surface area contributed by atoms with Gasteiger partial charge in [0.05, 0.1) is 11.4 Å². The van der Waals surface area contributed by atoms with Crippen molar-refractivity contribution in [2.75, 3.05) is 0 Å². The van der Waals surface area contributed by atoms with Crippen LogP contribution in [0.5, 0.6) is 0 Å². The predicted octanol–water partition coefficient (Wildman–Crippen LogP) is 15.3. The monoisotopic (exact) mass is 766 g/mol. The Kier molecular flexibility index (Phi) is 7.58. The van der Waals surface area contributed by atoms with Gasteiger partial charge in [0.1, 0.15) is 11.2 Å². The highest BCUT2D eigenvalue weighted by atomic mass is 16.3. The van der Waals surface area contributed by atoms with E-state index in [-0.39, 0.29) is 5.41 Å². The summed E-state index contributed by atoms with van der Waals surface area (Å²) in [5.74, 6) is 0.682. The molecule has 2 aromatic heterocycles. The lowest BCUT2D eigenvalue weighted by Crippen LogP contribution is -2.14. The molecule has 1 aliphatic rings. The van der Waals surface area contributed by atoms with Gasteiger partial charge in [-0.05, 0) is 90.3 Å². The van der Waals surface area contributed by atoms with Gasteiger partial charge in [0.15, 0.2) is 5.82 Å². The molecule has 60 heavy (non-hydrogen) atoms. The first-order valence-electron chi connectivity index (χ1n) is 20.7. The molecule has 0 radical (unpaired) electrons. The lowest BCUT2D eigenvalue weighted by Gasteiger charge is -2.21. The van der Waals surface area contributed by atoms with E-state index in [9.17, 15) is 0 Å². The Hall–Kier alpha value is -7.62. The van der Waals surface area contributed by atoms with Gasteiger partial charge in [-0.1, -0.05) is 184 Å². The van der Waals surface area contributed by atoms with E-state index in [4.69, 9.17) is 14.4 Å². The summed E-state index contributed by atoms with van der Waals surface area (Å²) < 4.78 is 6.31. The van der Waals surface area contributed by atoms with Crippen molar-refractivity contribution >= 4 is 43.5 Å². The van der Waals surface area contributed by atoms with E-state index >= 15 is 0 Å². The van der Waals surface area contributed by atoms with Gasteiger partial charge in [-0.25, -0.2) is 9.97 Å². The molecule has 0 saturated carbocycles. The zero-order chi connectivity index (χ0) is 40.0. The fourth-order valence-corrected chi connectivity index (χ4v) is 9.85. The maximum absolute atomic E-state index is 6.31. The molecule has 0 aliphatic heterocycles. The lowest BCUT2D eigenvalue weighted by molar-refractivity contribution is 0.661. The lowest BCUT2D eigenvalue weighted by atomic mass is 9.81. The van der Waals surface area contributed by atoms with Crippen LogP contribution in [0.4, 0.5) is 0 Å². The van der Waals surface area contributed by atoms with Crippen molar-refractivity contribution in [2.24, 2.45) is 0 Å². The molecule has 0 spiro atoms. The number of fused-ring (bicyclic) bond motifs is 9. The third kappa shape index (κ3) is 5.22. The van der Waals surface area contributed by atoms with Crippen LogP contribution >= 0.6 is 0 Å². The quantitative estimate of drug-likeness (QED) is 0.175. The van der Waals surface area contributed by atoms with Crippen LogP contribution in [0.2, 0.25) is 0 Å². The third-order valence-electron chi connectivity index (χ3n) is 12.7. The Labute approximate surface area is 348 Å². The summed E-state index contributed by atoms with van der Waals surface area (Å²) in [4.78, 5) is 10.5. The van der Waals surface area contributed by atoms with Gasteiger partial charge < -0.3 is 4.42 Å². The summed E-state index contributed by atoms with van der Waals surface area (Å²) in [5, 5.41) is 7.02. The molecule has 11 aromatic rings. The van der Waals surface area contributed by atoms with Gasteiger partial charge in [0.25, 0.3) is 0 Å². The van der Waals surface area contributed by atoms with Gasteiger partial charge >= 0.3 is 0 Å². The molecule has 9 aromatic carbocycles. The summed E-state index contributed by atoms with van der Waals surface area (Å²) >= 11 is 0. The first kappa shape index (κ1) is 34.4. The smallest absolute Gasteiger partial charge is 0.160 e. The Morgan fingerprint density at radius 3 is 1.80 bits per heavy atom. The van der Waals surface area contributed by atoms with Crippen molar-refractivity contribution in [3.8, 4) is 67.3 Å². The second kappa shape index (κ2) is 13.2. The fraction of sp³-hybridized carbons (Fsp3) is 0.0526. The molecule has 1 aliphatic carbocycles. The summed E-state index contributed by atoms with van der Waals surface area (Å²) in [6.07, 6.45) is 0. The van der Waals surface area contributed by atoms with Crippen LogP contribution < -0.4 is 0 Å². The molecule has 3 heteroatoms. The van der Waals surface area contributed by atoms with E-state index in [0.29, 0.717) is 5.82 Å². The summed E-state index contributed by atoms with van der Waals surface area (Å²) in [7, 11) is 0. The minimum atomic E-state index is -0.103. The molecule has 0 atom stereocenters. The second-order valence-electron chi connectivity index (χ2n) is 16.5. The first-order chi connectivity index (χ1) is 29.5. The number of aromatic nitrogens is 2. The predicted molar refractivity (Wildman–Crippen MR) is 249 cm³/mol. The van der Waals surface area contributed by atoms with Crippen LogP contribution in [0.25, 0.3) is 111 Å². The molecule has 0 amide bonds. The number of furan rings is 1. The summed E-state index contributed by atoms with van der Waals surface area (Å²) in [5.41, 5.74) is 16.7. The average molecular weight is 767 g/mol. The topological polar surface area (TPSA) is 38.9 Å². The van der Waals surface area contributed by atoms with Gasteiger partial charge in [-0.3, -0.25) is 0 Å². The second-order valence-corrected chi connectivity index (χ2v) is 16.5. The van der Waals surface area contributed by atoms with Crippen LogP contribution in [-0.4, -0.2) is 9.97 Å². The molecular formula is C57H38N2O. The largest absolute Gasteiger partial charge is 0.456 e. The van der Waals surface area contributed by atoms with Crippen LogP contribution in [0.1, 0.15) is 25.0 Å². The molecule has 0 saturated heterocycles. The van der Waals surface area contributed by atoms with Crippen LogP contribution in [0.15, 0.2) is 199 Å². The first-order valence-corrected chi connectivity index (χ1v) is 20.7. The van der Waals surface area contributed by atoms with E-state index in [2.05, 4.69) is 166 Å². The minimum absolute atomic E-state index is 0.103. The van der Waals surface area contributed by atoms with E-state index in [1.54, 1.807) is 0 Å². The average Bonchev–Trinajstić information content (AvgIpc) is 3.81. The number of hydrogen-bond donors (Lipinski definition) is 0. The number of para-hydroxylation sites is 1. The van der Waals surface area contributed by atoms with E-state index in [1.807, 2.05) is 42.5 Å². The number of rotatable bonds is 5. The van der Waals surface area contributed by atoms with Crippen LogP contribution in [0.3, 0.4) is 0 Å². The molecule has 0 bridgehead atoms. The Bertz CT molecular complexity index is 3520. The normalized spacial score (nSPS) is 13.0. The molecule has 12 rings (SSSR count). The molecule has 0 unspecified atom stereocenters. The molecule has 2 heterocycles. The maximum atomic E-state index is 6.31. The van der Waals surface area contributed by atoms with Crippen molar-refractivity contribution in [3.05, 3.63) is 205 Å². The summed E-state index contributed by atoms with van der Waals surface area (Å²) in [6, 6.07) is 69.5. The van der Waals surface area contributed by atoms with Gasteiger partial charge in [-0.2, -0.15) is 0 Å². The highest BCUT2D eigenvalue weighted by molar-refractivity contribution is 6.13. The standard InChI is InChI=1S/C57H38N2O/c1-57(2)47-26-13-24-41(55(47)54-40-20-7-6-15-35(40)29-32-48(54)57)38-19-12-18-37(33-38)39-30-31-44(43-22-9-8-21-42(39)43)49-34-50(59-56(58-49)36-16-4-3-5-17-36)45-25-14-28-52-53(45)46-23-10-11-27-51(46)60-52/h3-34H,1-2H3. The number of benzene rings is 9. The van der Waals surface area contributed by atoms with Gasteiger partial charge in [-0.15, -0.1) is 0 Å². The van der Waals surface area contributed by atoms with Crippen molar-refractivity contribution in [1.82, 2.24) is 9.97 Å². The van der Waals surface area contributed by atoms with E-state index < -0.39 is 0 Å². The van der Waals surface area contributed by atoms with Crippen molar-refractivity contribution in [2.45, 2.75) is 19.3 Å². The van der Waals surface area contributed by atoms with Crippen LogP contribution in [0, 0.1) is 0 Å². The SMILES string of the molecule is CC1(C)c2cccc(-c3cccc(-c4ccc(-c5cc(-c6cccc7oc8ccccc8c67)nc(-c6ccccc6)n5)c5ccccc45)c3)c2-c2c1ccc1ccccc21. The fourth-order valence-electron chi connectivity index (χ4n) is 9.85. The van der Waals surface area contributed by atoms with Crippen LogP contribution in [-0.2, 0) is 5.41 Å². The van der Waals surface area contributed by atoms with Crippen molar-refractivity contribution in [1.29, 1.82) is 0 Å². The van der Waals surface area contributed by atoms with E-state index in [1.165, 1.54) is 60.7 Å². The number of nitrogens with zero attached hydrogens (tertiary/aromatic N) is 2. The van der Waals surface area contributed by atoms with E-state index in [0.717, 1.165) is 55.4 Å².